The van der Waals surface area contributed by atoms with E-state index >= 15 is 0 Å². The van der Waals surface area contributed by atoms with Crippen molar-refractivity contribution in [3.05, 3.63) is 51.2 Å². The van der Waals surface area contributed by atoms with Crippen LogP contribution in [0.15, 0.2) is 30.4 Å². The Morgan fingerprint density at radius 1 is 1.63 bits per heavy atom. The third-order valence-corrected chi connectivity index (χ3v) is 2.51. The Hall–Kier alpha value is -1.82. The SMILES string of the molecule is CC(C)NC(=C[N+](=O)[O-])N(C)Cc1ccc(Cl)nc1. The molecular formula is C12H17ClN4O2. The Labute approximate surface area is 117 Å². The third kappa shape index (κ3) is 5.56. The minimum absolute atomic E-state index is 0.108. The molecule has 1 N–H and O–H groups in total. The zero-order chi connectivity index (χ0) is 14.4. The van der Waals surface area contributed by atoms with E-state index in [2.05, 4.69) is 10.3 Å². The number of nitro groups is 1. The zero-order valence-electron chi connectivity index (χ0n) is 11.1. The Balaban J connectivity index is 2.79. The molecule has 0 spiro atoms. The molecule has 0 amide bonds. The lowest BCUT2D eigenvalue weighted by Crippen LogP contribution is -2.33. The number of pyridine rings is 1. The highest BCUT2D eigenvalue weighted by atomic mass is 35.5. The quantitative estimate of drug-likeness (QED) is 0.493. The van der Waals surface area contributed by atoms with Gasteiger partial charge in [0.25, 0.3) is 6.20 Å². The molecule has 1 rings (SSSR count). The number of nitrogens with zero attached hydrogens (tertiary/aromatic N) is 3. The molecule has 6 nitrogen and oxygen atoms in total. The van der Waals surface area contributed by atoms with Crippen LogP contribution in [0.4, 0.5) is 0 Å². The minimum Gasteiger partial charge on any atom is -0.364 e. The summed E-state index contributed by atoms with van der Waals surface area (Å²) in [5.41, 5.74) is 0.923. The van der Waals surface area contributed by atoms with Crippen LogP contribution in [0.3, 0.4) is 0 Å². The van der Waals surface area contributed by atoms with Gasteiger partial charge in [0.05, 0.1) is 4.92 Å². The molecule has 0 aromatic carbocycles. The van der Waals surface area contributed by atoms with Crippen molar-refractivity contribution in [1.29, 1.82) is 0 Å². The van der Waals surface area contributed by atoms with Gasteiger partial charge in [0.2, 0.25) is 0 Å². The summed E-state index contributed by atoms with van der Waals surface area (Å²) in [6.45, 7) is 4.35. The fourth-order valence-electron chi connectivity index (χ4n) is 1.50. The second kappa shape index (κ2) is 6.94. The van der Waals surface area contributed by atoms with Gasteiger partial charge >= 0.3 is 0 Å². The predicted molar refractivity (Wildman–Crippen MR) is 74.1 cm³/mol. The average molecular weight is 285 g/mol. The maximum Gasteiger partial charge on any atom is 0.274 e. The molecule has 0 unspecified atom stereocenters. The van der Waals surface area contributed by atoms with E-state index < -0.39 is 4.92 Å². The summed E-state index contributed by atoms with van der Waals surface area (Å²) in [7, 11) is 1.78. The molecule has 0 atom stereocenters. The smallest absolute Gasteiger partial charge is 0.274 e. The number of hydrogen-bond donors (Lipinski definition) is 1. The van der Waals surface area contributed by atoms with Crippen LogP contribution < -0.4 is 5.32 Å². The van der Waals surface area contributed by atoms with Crippen molar-refractivity contribution in [2.24, 2.45) is 0 Å². The van der Waals surface area contributed by atoms with Crippen molar-refractivity contribution < 1.29 is 4.92 Å². The van der Waals surface area contributed by atoms with E-state index in [1.165, 1.54) is 0 Å². The molecule has 0 bridgehead atoms. The average Bonchev–Trinajstić information content (AvgIpc) is 2.30. The van der Waals surface area contributed by atoms with Crippen molar-refractivity contribution in [2.75, 3.05) is 7.05 Å². The van der Waals surface area contributed by atoms with Crippen LogP contribution in [-0.2, 0) is 6.54 Å². The molecule has 0 saturated heterocycles. The van der Waals surface area contributed by atoms with Gasteiger partial charge in [0.15, 0.2) is 5.82 Å². The van der Waals surface area contributed by atoms with Crippen molar-refractivity contribution >= 4 is 11.6 Å². The van der Waals surface area contributed by atoms with Gasteiger partial charge in [-0.05, 0) is 25.5 Å². The van der Waals surface area contributed by atoms with Crippen molar-refractivity contribution in [1.82, 2.24) is 15.2 Å². The molecule has 104 valence electrons. The molecule has 0 aliphatic carbocycles. The van der Waals surface area contributed by atoms with Crippen LogP contribution >= 0.6 is 11.6 Å². The van der Waals surface area contributed by atoms with E-state index in [1.807, 2.05) is 19.9 Å². The number of rotatable bonds is 6. The standard InChI is InChI=1S/C12H17ClN4O2/c1-9(2)15-12(8-17(18)19)16(3)7-10-4-5-11(13)14-6-10/h4-6,8-9,15H,7H2,1-3H3. The molecule has 1 aromatic rings. The number of hydrogen-bond acceptors (Lipinski definition) is 5. The lowest BCUT2D eigenvalue weighted by Gasteiger charge is -2.23. The molecule has 0 aliphatic rings. The number of halogens is 1. The Morgan fingerprint density at radius 2 is 2.32 bits per heavy atom. The molecule has 7 heteroatoms. The van der Waals surface area contributed by atoms with Gasteiger partial charge < -0.3 is 10.2 Å². The second-order valence-electron chi connectivity index (χ2n) is 4.44. The largest absolute Gasteiger partial charge is 0.364 e. The van der Waals surface area contributed by atoms with Crippen molar-refractivity contribution in [2.45, 2.75) is 26.4 Å². The van der Waals surface area contributed by atoms with E-state index in [0.29, 0.717) is 17.5 Å². The summed E-state index contributed by atoms with van der Waals surface area (Å²) in [5, 5.41) is 14.1. The van der Waals surface area contributed by atoms with Gasteiger partial charge in [-0.3, -0.25) is 10.1 Å². The van der Waals surface area contributed by atoms with Gasteiger partial charge in [-0.2, -0.15) is 0 Å². The van der Waals surface area contributed by atoms with Gasteiger partial charge in [-0.25, -0.2) is 4.98 Å². The third-order valence-electron chi connectivity index (χ3n) is 2.28. The first-order valence-corrected chi connectivity index (χ1v) is 6.19. The van der Waals surface area contributed by atoms with Gasteiger partial charge in [-0.1, -0.05) is 17.7 Å². The van der Waals surface area contributed by atoms with Crippen LogP contribution in [0, 0.1) is 10.1 Å². The van der Waals surface area contributed by atoms with Crippen LogP contribution in [0.5, 0.6) is 0 Å². The first-order valence-electron chi connectivity index (χ1n) is 5.82. The summed E-state index contributed by atoms with van der Waals surface area (Å²) in [6.07, 6.45) is 2.61. The summed E-state index contributed by atoms with van der Waals surface area (Å²) >= 11 is 5.71. The molecule has 1 heterocycles. The van der Waals surface area contributed by atoms with Crippen LogP contribution in [0.1, 0.15) is 19.4 Å². The Morgan fingerprint density at radius 3 is 2.79 bits per heavy atom. The summed E-state index contributed by atoms with van der Waals surface area (Å²) in [6, 6.07) is 3.64. The highest BCUT2D eigenvalue weighted by molar-refractivity contribution is 6.29. The first kappa shape index (κ1) is 15.2. The molecule has 0 saturated carbocycles. The Bertz CT molecular complexity index is 459. The normalized spacial score (nSPS) is 11.5. The molecule has 0 fully saturated rings. The summed E-state index contributed by atoms with van der Waals surface area (Å²) in [4.78, 5) is 15.9. The van der Waals surface area contributed by atoms with E-state index in [9.17, 15) is 10.1 Å². The van der Waals surface area contributed by atoms with Crippen molar-refractivity contribution in [3.63, 3.8) is 0 Å². The first-order chi connectivity index (χ1) is 8.88. The summed E-state index contributed by atoms with van der Waals surface area (Å²) in [5.74, 6) is 0.454. The van der Waals surface area contributed by atoms with Crippen LogP contribution in [0.25, 0.3) is 0 Å². The maximum absolute atomic E-state index is 10.6. The predicted octanol–water partition coefficient (Wildman–Crippen LogP) is 2.24. The van der Waals surface area contributed by atoms with E-state index in [-0.39, 0.29) is 6.04 Å². The molecule has 0 aliphatic heterocycles. The number of aromatic nitrogens is 1. The maximum atomic E-state index is 10.6. The lowest BCUT2D eigenvalue weighted by atomic mass is 10.2. The Kier molecular flexibility index (Phi) is 5.57. The topological polar surface area (TPSA) is 71.3 Å². The number of nitrogens with one attached hydrogen (secondary N) is 1. The lowest BCUT2D eigenvalue weighted by molar-refractivity contribution is -0.404. The molecule has 1 aromatic heterocycles. The highest BCUT2D eigenvalue weighted by Gasteiger charge is 2.11. The van der Waals surface area contributed by atoms with Gasteiger partial charge in [-0.15, -0.1) is 0 Å². The molecule has 19 heavy (non-hydrogen) atoms. The van der Waals surface area contributed by atoms with Crippen LogP contribution in [0.2, 0.25) is 5.15 Å². The zero-order valence-corrected chi connectivity index (χ0v) is 11.9. The minimum atomic E-state index is -0.471. The fraction of sp³-hybridized carbons (Fsp3) is 0.417. The summed E-state index contributed by atoms with van der Waals surface area (Å²) < 4.78 is 0. The van der Waals surface area contributed by atoms with E-state index in [1.54, 1.807) is 24.2 Å². The second-order valence-corrected chi connectivity index (χ2v) is 4.83. The van der Waals surface area contributed by atoms with Crippen molar-refractivity contribution in [3.8, 4) is 0 Å². The molecular weight excluding hydrogens is 268 g/mol. The highest BCUT2D eigenvalue weighted by Crippen LogP contribution is 2.10. The fourth-order valence-corrected chi connectivity index (χ4v) is 1.61. The molecule has 0 radical (unpaired) electrons. The van der Waals surface area contributed by atoms with E-state index in [0.717, 1.165) is 11.8 Å². The monoisotopic (exact) mass is 284 g/mol. The van der Waals surface area contributed by atoms with Gasteiger partial charge in [0.1, 0.15) is 5.15 Å². The van der Waals surface area contributed by atoms with Crippen LogP contribution in [-0.4, -0.2) is 27.9 Å². The van der Waals surface area contributed by atoms with E-state index in [4.69, 9.17) is 11.6 Å². The van der Waals surface area contributed by atoms with Gasteiger partial charge in [0, 0.05) is 25.8 Å².